The van der Waals surface area contributed by atoms with Crippen LogP contribution in [0.5, 0.6) is 0 Å². The number of aliphatic carboxylic acids is 1. The molecular formula is C53H101O6. The Morgan fingerprint density at radius 1 is 0.407 bits per heavy atom. The summed E-state index contributed by atoms with van der Waals surface area (Å²) in [5.74, 6) is -1.51. The van der Waals surface area contributed by atoms with Crippen LogP contribution in [-0.4, -0.2) is 36.2 Å². The minimum atomic E-state index is -0.981. The van der Waals surface area contributed by atoms with Crippen LogP contribution in [0.15, 0.2) is 37.0 Å². The molecule has 0 saturated heterocycles. The van der Waals surface area contributed by atoms with Crippen molar-refractivity contribution in [1.82, 2.24) is 0 Å². The van der Waals surface area contributed by atoms with E-state index in [4.69, 9.17) is 14.6 Å². The van der Waals surface area contributed by atoms with E-state index in [0.717, 1.165) is 31.8 Å². The highest BCUT2D eigenvalue weighted by molar-refractivity contribution is 5.87. The fraction of sp³-hybridized carbons (Fsp3) is 0.811. The van der Waals surface area contributed by atoms with E-state index in [1.165, 1.54) is 205 Å². The number of ether oxygens (including phenoxy) is 2. The minimum absolute atomic E-state index is 0.254. The molecule has 0 aromatic rings. The lowest BCUT2D eigenvalue weighted by Crippen LogP contribution is -2.05. The van der Waals surface area contributed by atoms with Crippen LogP contribution in [0.1, 0.15) is 266 Å². The van der Waals surface area contributed by atoms with Crippen molar-refractivity contribution in [1.29, 1.82) is 0 Å². The van der Waals surface area contributed by atoms with E-state index in [1.54, 1.807) is 13.8 Å². The van der Waals surface area contributed by atoms with Gasteiger partial charge in [0.2, 0.25) is 0 Å². The van der Waals surface area contributed by atoms with Crippen molar-refractivity contribution in [3.05, 3.63) is 43.9 Å². The number of hydrogen-bond acceptors (Lipinski definition) is 5. The van der Waals surface area contributed by atoms with Gasteiger partial charge in [-0.05, 0) is 26.7 Å². The lowest BCUT2D eigenvalue weighted by molar-refractivity contribution is -0.139. The quantitative estimate of drug-likeness (QED) is 0.0376. The molecule has 349 valence electrons. The Morgan fingerprint density at radius 3 is 0.780 bits per heavy atom. The topological polar surface area (TPSA) is 89.9 Å². The maximum Gasteiger partial charge on any atom is 0.333 e. The second-order valence-corrected chi connectivity index (χ2v) is 16.5. The Morgan fingerprint density at radius 2 is 0.593 bits per heavy atom. The Bertz CT molecular complexity index is 894. The molecule has 0 bridgehead atoms. The molecule has 0 spiro atoms. The zero-order valence-corrected chi connectivity index (χ0v) is 40.3. The summed E-state index contributed by atoms with van der Waals surface area (Å²) in [6.07, 6.45) is 49.9. The average Bonchev–Trinajstić information content (AvgIpc) is 3.22. The highest BCUT2D eigenvalue weighted by Crippen LogP contribution is 2.15. The Hall–Kier alpha value is -2.37. The Labute approximate surface area is 368 Å². The van der Waals surface area contributed by atoms with Gasteiger partial charge in [0, 0.05) is 17.2 Å². The molecule has 0 unspecified atom stereocenters. The van der Waals surface area contributed by atoms with Crippen LogP contribution in [0.25, 0.3) is 0 Å². The third-order valence-corrected chi connectivity index (χ3v) is 10.2. The first-order chi connectivity index (χ1) is 28.5. The van der Waals surface area contributed by atoms with Gasteiger partial charge in [0.25, 0.3) is 0 Å². The molecule has 0 aromatic carbocycles. The predicted octanol–water partition coefficient (Wildman–Crippen LogP) is 17.4. The van der Waals surface area contributed by atoms with Crippen LogP contribution in [-0.2, 0) is 23.9 Å². The van der Waals surface area contributed by atoms with Gasteiger partial charge in [0.05, 0.1) is 13.2 Å². The van der Waals surface area contributed by atoms with Gasteiger partial charge in [-0.3, -0.25) is 0 Å². The molecule has 1 radical (unpaired) electrons. The fourth-order valence-electron chi connectivity index (χ4n) is 6.30. The molecule has 0 amide bonds. The Balaban J connectivity index is -0.000000379. The van der Waals surface area contributed by atoms with Gasteiger partial charge in [-0.1, -0.05) is 266 Å². The molecule has 0 heterocycles. The number of esters is 2. The van der Waals surface area contributed by atoms with Crippen molar-refractivity contribution in [2.24, 2.45) is 0 Å². The molecule has 0 fully saturated rings. The van der Waals surface area contributed by atoms with Gasteiger partial charge >= 0.3 is 17.9 Å². The summed E-state index contributed by atoms with van der Waals surface area (Å²) in [5.41, 5.74) is 0.969. The maximum atomic E-state index is 11.2. The molecular weight excluding hydrogens is 733 g/mol. The van der Waals surface area contributed by atoms with Crippen molar-refractivity contribution >= 4 is 17.9 Å². The first kappa shape index (κ1) is 63.3. The van der Waals surface area contributed by atoms with Crippen LogP contribution in [0.3, 0.4) is 0 Å². The summed E-state index contributed by atoms with van der Waals surface area (Å²) in [6, 6.07) is 0. The first-order valence-corrected chi connectivity index (χ1v) is 24.8. The van der Waals surface area contributed by atoms with Crippen LogP contribution >= 0.6 is 0 Å². The van der Waals surface area contributed by atoms with Crippen LogP contribution in [0.4, 0.5) is 0 Å². The second kappa shape index (κ2) is 57.7. The largest absolute Gasteiger partial charge is 0.478 e. The molecule has 0 aliphatic heterocycles. The predicted molar refractivity (Wildman–Crippen MR) is 258 cm³/mol. The molecule has 1 N–H and O–H groups in total. The van der Waals surface area contributed by atoms with Gasteiger partial charge in [-0.25, -0.2) is 14.4 Å². The summed E-state index contributed by atoms with van der Waals surface area (Å²) >= 11 is 0. The number of hydrogen-bond donors (Lipinski definition) is 1. The van der Waals surface area contributed by atoms with E-state index in [1.807, 2.05) is 0 Å². The number of carboxylic acids is 1. The van der Waals surface area contributed by atoms with E-state index in [-0.39, 0.29) is 11.9 Å². The van der Waals surface area contributed by atoms with E-state index in [9.17, 15) is 14.4 Å². The molecule has 0 aliphatic rings. The van der Waals surface area contributed by atoms with E-state index >= 15 is 0 Å². The van der Waals surface area contributed by atoms with E-state index in [0.29, 0.717) is 24.4 Å². The van der Waals surface area contributed by atoms with E-state index < -0.39 is 5.97 Å². The third kappa shape index (κ3) is 67.7. The number of unbranched alkanes of at least 4 members (excludes halogenated alkanes) is 33. The lowest BCUT2D eigenvalue weighted by atomic mass is 10.0. The van der Waals surface area contributed by atoms with Gasteiger partial charge in [0.1, 0.15) is 0 Å². The molecule has 0 rings (SSSR count). The first-order valence-electron chi connectivity index (χ1n) is 24.8. The van der Waals surface area contributed by atoms with Crippen LogP contribution in [0, 0.1) is 6.92 Å². The lowest BCUT2D eigenvalue weighted by Gasteiger charge is -2.05. The van der Waals surface area contributed by atoms with Crippen molar-refractivity contribution < 1.29 is 29.0 Å². The fourth-order valence-corrected chi connectivity index (χ4v) is 6.30. The molecule has 6 heteroatoms. The molecule has 0 aliphatic carbocycles. The van der Waals surface area contributed by atoms with Gasteiger partial charge in [0.15, 0.2) is 0 Å². The summed E-state index contributed by atoms with van der Waals surface area (Å²) in [7, 11) is 0. The van der Waals surface area contributed by atoms with Crippen molar-refractivity contribution in [2.75, 3.05) is 13.2 Å². The van der Waals surface area contributed by atoms with Gasteiger partial charge in [-0.2, -0.15) is 0 Å². The SMILES string of the molecule is C=C(C)C(=O)OCCCCCC.C=C(C)C(=O)OCCCCCCCCCCCCCCCCCC.C=CC(=O)O.[CH2]CCCCCCCCCCCCCCCCC. The van der Waals surface area contributed by atoms with Gasteiger partial charge < -0.3 is 14.6 Å². The van der Waals surface area contributed by atoms with Crippen LogP contribution < -0.4 is 0 Å². The summed E-state index contributed by atoms with van der Waals surface area (Å²) in [6.45, 7) is 25.1. The highest BCUT2D eigenvalue weighted by Gasteiger charge is 2.03. The monoisotopic (exact) mass is 834 g/mol. The Kier molecular flexibility index (Phi) is 61.9. The summed E-state index contributed by atoms with van der Waals surface area (Å²) < 4.78 is 10.00. The van der Waals surface area contributed by atoms with Crippen LogP contribution in [0.2, 0.25) is 0 Å². The molecule has 0 aromatic heterocycles. The van der Waals surface area contributed by atoms with Crippen molar-refractivity contribution in [3.63, 3.8) is 0 Å². The zero-order valence-electron chi connectivity index (χ0n) is 40.3. The summed E-state index contributed by atoms with van der Waals surface area (Å²) in [5, 5.41) is 7.60. The number of carbonyl (C=O) groups excluding carboxylic acids is 2. The minimum Gasteiger partial charge on any atom is -0.478 e. The third-order valence-electron chi connectivity index (χ3n) is 10.2. The van der Waals surface area contributed by atoms with Gasteiger partial charge in [-0.15, -0.1) is 0 Å². The maximum absolute atomic E-state index is 11.2. The average molecular weight is 834 g/mol. The normalized spacial score (nSPS) is 10.2. The number of rotatable bonds is 40. The molecule has 0 atom stereocenters. The standard InChI is InChI=1S/C22H42O2.C18H37.C10H18O2.C3H4O2/c1-4-5-6-7-8-9-10-11-12-13-14-15-16-17-18-19-20-24-22(23)21(2)3;1-3-5-7-9-11-13-15-17-18-16-14-12-10-8-6-4-2;1-4-5-6-7-8-12-10(11)9(2)3;1-2-3(4)5/h2,4-20H2,1,3H3;1,3-18H2,2H3;2,4-8H2,1,3H3;2H,1H2,(H,4,5). The molecule has 0 saturated carbocycles. The number of carboxylic acid groups (broad SMARTS) is 1. The van der Waals surface area contributed by atoms with Crippen molar-refractivity contribution in [3.8, 4) is 0 Å². The van der Waals surface area contributed by atoms with E-state index in [2.05, 4.69) is 47.4 Å². The van der Waals surface area contributed by atoms with Crippen molar-refractivity contribution in [2.45, 2.75) is 266 Å². The molecule has 6 nitrogen and oxygen atoms in total. The summed E-state index contributed by atoms with van der Waals surface area (Å²) in [4.78, 5) is 31.3. The zero-order chi connectivity index (χ0) is 44.9. The highest BCUT2D eigenvalue weighted by atomic mass is 16.5. The second-order valence-electron chi connectivity index (χ2n) is 16.5. The number of carbonyl (C=O) groups is 3. The molecule has 59 heavy (non-hydrogen) atoms. The smallest absolute Gasteiger partial charge is 0.333 e.